The molecule has 0 aliphatic heterocycles. The normalized spacial score (nSPS) is 12.8. The Morgan fingerprint density at radius 3 is 2.27 bits per heavy atom. The SMILES string of the molecule is OCC(F)c1ccc(-c2ncn(-c3ccc(OC(F)(F)F)cc3)n2)cc1. The molecule has 0 saturated carbocycles. The highest BCUT2D eigenvalue weighted by molar-refractivity contribution is 5.55. The van der Waals surface area contributed by atoms with Gasteiger partial charge < -0.3 is 9.84 Å². The molecule has 1 atom stereocenters. The predicted octanol–water partition coefficient (Wildman–Crippen LogP) is 3.84. The lowest BCUT2D eigenvalue weighted by Gasteiger charge is -2.09. The molecule has 0 saturated heterocycles. The van der Waals surface area contributed by atoms with Gasteiger partial charge in [0.15, 0.2) is 5.82 Å². The van der Waals surface area contributed by atoms with Crippen molar-refractivity contribution in [1.82, 2.24) is 14.8 Å². The van der Waals surface area contributed by atoms with E-state index in [0.29, 0.717) is 22.6 Å². The second-order valence-corrected chi connectivity index (χ2v) is 5.33. The van der Waals surface area contributed by atoms with Crippen LogP contribution in [0.2, 0.25) is 0 Å². The number of rotatable bonds is 5. The topological polar surface area (TPSA) is 60.2 Å². The maximum absolute atomic E-state index is 13.4. The molecule has 0 radical (unpaired) electrons. The van der Waals surface area contributed by atoms with E-state index < -0.39 is 19.1 Å². The third kappa shape index (κ3) is 4.17. The van der Waals surface area contributed by atoms with Gasteiger partial charge in [0.1, 0.15) is 18.2 Å². The van der Waals surface area contributed by atoms with E-state index in [2.05, 4.69) is 14.8 Å². The molecule has 0 fully saturated rings. The van der Waals surface area contributed by atoms with Gasteiger partial charge in [0.25, 0.3) is 0 Å². The van der Waals surface area contributed by atoms with Gasteiger partial charge in [0.05, 0.1) is 12.3 Å². The highest BCUT2D eigenvalue weighted by atomic mass is 19.4. The van der Waals surface area contributed by atoms with Gasteiger partial charge in [-0.05, 0) is 29.8 Å². The fourth-order valence-corrected chi connectivity index (χ4v) is 2.27. The largest absolute Gasteiger partial charge is 0.573 e. The fourth-order valence-electron chi connectivity index (χ4n) is 2.27. The summed E-state index contributed by atoms with van der Waals surface area (Å²) < 4.78 is 55.1. The third-order valence-corrected chi connectivity index (χ3v) is 3.52. The van der Waals surface area contributed by atoms with Crippen molar-refractivity contribution in [1.29, 1.82) is 0 Å². The van der Waals surface area contributed by atoms with E-state index in [9.17, 15) is 17.6 Å². The van der Waals surface area contributed by atoms with Crippen LogP contribution in [0, 0.1) is 0 Å². The molecule has 1 unspecified atom stereocenters. The van der Waals surface area contributed by atoms with Gasteiger partial charge >= 0.3 is 6.36 Å². The zero-order valence-corrected chi connectivity index (χ0v) is 13.2. The highest BCUT2D eigenvalue weighted by Gasteiger charge is 2.31. The summed E-state index contributed by atoms with van der Waals surface area (Å²) in [4.78, 5) is 4.14. The Bertz CT molecular complexity index is 861. The molecule has 9 heteroatoms. The lowest BCUT2D eigenvalue weighted by Crippen LogP contribution is -2.17. The number of aliphatic hydroxyl groups excluding tert-OH is 1. The number of hydrogen-bond acceptors (Lipinski definition) is 4. The summed E-state index contributed by atoms with van der Waals surface area (Å²) in [5.41, 5.74) is 1.48. The van der Waals surface area contributed by atoms with Gasteiger partial charge in [-0.15, -0.1) is 18.3 Å². The molecule has 2 aromatic carbocycles. The summed E-state index contributed by atoms with van der Waals surface area (Å²) in [6.07, 6.45) is -4.79. The molecule has 1 N–H and O–H groups in total. The molecule has 0 amide bonds. The van der Waals surface area contributed by atoms with E-state index in [4.69, 9.17) is 5.11 Å². The van der Waals surface area contributed by atoms with E-state index >= 15 is 0 Å². The minimum Gasteiger partial charge on any atom is -0.406 e. The molecule has 1 heterocycles. The Morgan fingerprint density at radius 1 is 1.04 bits per heavy atom. The Balaban J connectivity index is 1.77. The monoisotopic (exact) mass is 367 g/mol. The first kappa shape index (κ1) is 17.9. The molecule has 0 aliphatic carbocycles. The van der Waals surface area contributed by atoms with E-state index in [0.717, 1.165) is 0 Å². The van der Waals surface area contributed by atoms with Crippen LogP contribution in [0.1, 0.15) is 11.7 Å². The van der Waals surface area contributed by atoms with Crippen LogP contribution in [0.5, 0.6) is 5.75 Å². The van der Waals surface area contributed by atoms with Crippen LogP contribution in [0.25, 0.3) is 17.1 Å². The lowest BCUT2D eigenvalue weighted by atomic mass is 10.1. The standard InChI is InChI=1S/C17H13F4N3O2/c18-15(9-25)11-1-3-12(4-2-11)16-22-10-24(23-16)13-5-7-14(8-6-13)26-17(19,20)21/h1-8,10,15,25H,9H2. The van der Waals surface area contributed by atoms with Crippen molar-refractivity contribution in [3.63, 3.8) is 0 Å². The molecule has 3 aromatic rings. The van der Waals surface area contributed by atoms with Gasteiger partial charge in [0, 0.05) is 5.56 Å². The van der Waals surface area contributed by atoms with Crippen molar-refractivity contribution in [3.05, 3.63) is 60.4 Å². The molecular formula is C17H13F4N3O2. The van der Waals surface area contributed by atoms with Crippen LogP contribution in [0.4, 0.5) is 17.6 Å². The van der Waals surface area contributed by atoms with Crippen LogP contribution in [-0.4, -0.2) is 32.8 Å². The summed E-state index contributed by atoms with van der Waals surface area (Å²) in [5, 5.41) is 13.1. The van der Waals surface area contributed by atoms with Gasteiger partial charge in [-0.1, -0.05) is 24.3 Å². The number of alkyl halides is 4. The first-order chi connectivity index (χ1) is 12.4. The summed E-state index contributed by atoms with van der Waals surface area (Å²) in [6, 6.07) is 11.5. The maximum atomic E-state index is 13.4. The second-order valence-electron chi connectivity index (χ2n) is 5.33. The van der Waals surface area contributed by atoms with E-state index in [-0.39, 0.29) is 5.75 Å². The number of aliphatic hydroxyl groups is 1. The molecule has 5 nitrogen and oxygen atoms in total. The average Bonchev–Trinajstić information content (AvgIpc) is 3.10. The Kier molecular flexibility index (Phi) is 4.90. The highest BCUT2D eigenvalue weighted by Crippen LogP contribution is 2.24. The zero-order valence-electron chi connectivity index (χ0n) is 13.2. The van der Waals surface area contributed by atoms with Gasteiger partial charge in [0.2, 0.25) is 0 Å². The average molecular weight is 367 g/mol. The van der Waals surface area contributed by atoms with Crippen LogP contribution in [-0.2, 0) is 0 Å². The number of aromatic nitrogens is 3. The molecule has 1 aromatic heterocycles. The Labute approximate surface area is 145 Å². The minimum absolute atomic E-state index is 0.332. The van der Waals surface area contributed by atoms with Crippen molar-refractivity contribution < 1.29 is 27.4 Å². The van der Waals surface area contributed by atoms with Gasteiger partial charge in [-0.2, -0.15) is 0 Å². The summed E-state index contributed by atoms with van der Waals surface area (Å²) in [5.74, 6) is 0.0356. The van der Waals surface area contributed by atoms with E-state index in [1.54, 1.807) is 12.1 Å². The quantitative estimate of drug-likeness (QED) is 0.696. The van der Waals surface area contributed by atoms with E-state index in [1.165, 1.54) is 47.4 Å². The van der Waals surface area contributed by atoms with Gasteiger partial charge in [-0.25, -0.2) is 14.1 Å². The van der Waals surface area contributed by atoms with Crippen molar-refractivity contribution in [2.75, 3.05) is 6.61 Å². The van der Waals surface area contributed by atoms with Crippen LogP contribution in [0.15, 0.2) is 54.9 Å². The molecule has 26 heavy (non-hydrogen) atoms. The minimum atomic E-state index is -4.75. The van der Waals surface area contributed by atoms with Crippen molar-refractivity contribution >= 4 is 0 Å². The molecule has 0 bridgehead atoms. The predicted molar refractivity (Wildman–Crippen MR) is 84.4 cm³/mol. The first-order valence-corrected chi connectivity index (χ1v) is 7.49. The van der Waals surface area contributed by atoms with Crippen LogP contribution in [0.3, 0.4) is 0 Å². The summed E-state index contributed by atoms with van der Waals surface area (Å²) in [7, 11) is 0. The number of nitrogens with zero attached hydrogens (tertiary/aromatic N) is 3. The third-order valence-electron chi connectivity index (χ3n) is 3.52. The Hall–Kier alpha value is -2.94. The molecule has 3 rings (SSSR count). The Morgan fingerprint density at radius 2 is 1.69 bits per heavy atom. The van der Waals surface area contributed by atoms with E-state index in [1.807, 2.05) is 0 Å². The maximum Gasteiger partial charge on any atom is 0.573 e. The van der Waals surface area contributed by atoms with Gasteiger partial charge in [-0.3, -0.25) is 0 Å². The number of ether oxygens (including phenoxy) is 1. The zero-order chi connectivity index (χ0) is 18.7. The van der Waals surface area contributed by atoms with Crippen molar-refractivity contribution in [2.24, 2.45) is 0 Å². The number of hydrogen-bond donors (Lipinski definition) is 1. The number of benzene rings is 2. The molecular weight excluding hydrogens is 354 g/mol. The van der Waals surface area contributed by atoms with Crippen molar-refractivity contribution in [3.8, 4) is 22.8 Å². The molecule has 136 valence electrons. The molecule has 0 spiro atoms. The lowest BCUT2D eigenvalue weighted by molar-refractivity contribution is -0.274. The first-order valence-electron chi connectivity index (χ1n) is 7.49. The summed E-state index contributed by atoms with van der Waals surface area (Å²) >= 11 is 0. The van der Waals surface area contributed by atoms with Crippen LogP contribution < -0.4 is 4.74 Å². The molecule has 0 aliphatic rings. The number of halogens is 4. The second kappa shape index (κ2) is 7.12. The van der Waals surface area contributed by atoms with Crippen molar-refractivity contribution in [2.45, 2.75) is 12.5 Å². The fraction of sp³-hybridized carbons (Fsp3) is 0.176. The van der Waals surface area contributed by atoms with Crippen LogP contribution >= 0.6 is 0 Å². The summed E-state index contributed by atoms with van der Waals surface area (Å²) in [6.45, 7) is -0.597. The smallest absolute Gasteiger partial charge is 0.406 e.